The SMILES string of the molecule is CC[C@@H](C(=O)NC1CCCC1)N(Cc1c(Cl)cccc1Cl)C(=O)Cc1ccccc1Cl. The van der Waals surface area contributed by atoms with Crippen LogP contribution < -0.4 is 5.32 Å². The van der Waals surface area contributed by atoms with Crippen molar-refractivity contribution in [2.24, 2.45) is 0 Å². The Morgan fingerprint density at radius 1 is 1.00 bits per heavy atom. The predicted molar refractivity (Wildman–Crippen MR) is 127 cm³/mol. The van der Waals surface area contributed by atoms with Gasteiger partial charge < -0.3 is 10.2 Å². The molecule has 0 saturated heterocycles. The Morgan fingerprint density at radius 2 is 1.61 bits per heavy atom. The molecule has 7 heteroatoms. The summed E-state index contributed by atoms with van der Waals surface area (Å²) in [6.45, 7) is 2.06. The van der Waals surface area contributed by atoms with Gasteiger partial charge in [0.05, 0.1) is 6.42 Å². The highest BCUT2D eigenvalue weighted by molar-refractivity contribution is 6.36. The summed E-state index contributed by atoms with van der Waals surface area (Å²) in [6.07, 6.45) is 4.76. The first-order valence-electron chi connectivity index (χ1n) is 10.7. The van der Waals surface area contributed by atoms with E-state index in [1.807, 2.05) is 25.1 Å². The second-order valence-electron chi connectivity index (χ2n) is 7.90. The summed E-state index contributed by atoms with van der Waals surface area (Å²) in [6, 6.07) is 12.0. The van der Waals surface area contributed by atoms with E-state index in [0.717, 1.165) is 31.2 Å². The average Bonchev–Trinajstić information content (AvgIpc) is 3.24. The van der Waals surface area contributed by atoms with Crippen LogP contribution in [0.25, 0.3) is 0 Å². The fraction of sp³-hybridized carbons (Fsp3) is 0.417. The lowest BCUT2D eigenvalue weighted by molar-refractivity contribution is -0.141. The summed E-state index contributed by atoms with van der Waals surface area (Å²) < 4.78 is 0. The predicted octanol–water partition coefficient (Wildman–Crippen LogP) is 6.06. The number of hydrogen-bond acceptors (Lipinski definition) is 2. The molecule has 2 aromatic carbocycles. The van der Waals surface area contributed by atoms with E-state index in [-0.39, 0.29) is 30.8 Å². The number of carbonyl (C=O) groups is 2. The summed E-state index contributed by atoms with van der Waals surface area (Å²) in [7, 11) is 0. The van der Waals surface area contributed by atoms with Crippen LogP contribution in [0.15, 0.2) is 42.5 Å². The van der Waals surface area contributed by atoms with E-state index in [4.69, 9.17) is 34.8 Å². The van der Waals surface area contributed by atoms with E-state index < -0.39 is 6.04 Å². The highest BCUT2D eigenvalue weighted by Crippen LogP contribution is 2.28. The van der Waals surface area contributed by atoms with Crippen molar-refractivity contribution in [3.63, 3.8) is 0 Å². The second-order valence-corrected chi connectivity index (χ2v) is 9.13. The molecule has 1 atom stereocenters. The van der Waals surface area contributed by atoms with Crippen LogP contribution in [0.4, 0.5) is 0 Å². The Morgan fingerprint density at radius 3 is 2.23 bits per heavy atom. The third-order valence-corrected chi connectivity index (χ3v) is 6.85. The van der Waals surface area contributed by atoms with Crippen molar-refractivity contribution in [1.29, 1.82) is 0 Å². The Hall–Kier alpha value is -1.75. The van der Waals surface area contributed by atoms with Crippen LogP contribution in [0.2, 0.25) is 15.1 Å². The molecule has 4 nitrogen and oxygen atoms in total. The van der Waals surface area contributed by atoms with Gasteiger partial charge in [0, 0.05) is 33.2 Å². The van der Waals surface area contributed by atoms with E-state index in [1.54, 1.807) is 29.2 Å². The van der Waals surface area contributed by atoms with Gasteiger partial charge in [0.25, 0.3) is 0 Å². The molecule has 0 bridgehead atoms. The molecular weight excluding hydrogens is 455 g/mol. The number of nitrogens with zero attached hydrogens (tertiary/aromatic N) is 1. The molecule has 0 aromatic heterocycles. The minimum absolute atomic E-state index is 0.0922. The number of amides is 2. The van der Waals surface area contributed by atoms with E-state index in [1.165, 1.54) is 0 Å². The van der Waals surface area contributed by atoms with Gasteiger partial charge in [0.1, 0.15) is 6.04 Å². The zero-order chi connectivity index (χ0) is 22.4. The van der Waals surface area contributed by atoms with Gasteiger partial charge >= 0.3 is 0 Å². The van der Waals surface area contributed by atoms with E-state index in [9.17, 15) is 9.59 Å². The van der Waals surface area contributed by atoms with Crippen molar-refractivity contribution in [1.82, 2.24) is 10.2 Å². The van der Waals surface area contributed by atoms with Crippen LogP contribution in [0.5, 0.6) is 0 Å². The lowest BCUT2D eigenvalue weighted by atomic mass is 10.1. The molecule has 0 radical (unpaired) electrons. The lowest BCUT2D eigenvalue weighted by Gasteiger charge is -2.32. The van der Waals surface area contributed by atoms with Gasteiger partial charge in [-0.2, -0.15) is 0 Å². The summed E-state index contributed by atoms with van der Waals surface area (Å²) in [4.78, 5) is 28.2. The number of nitrogens with one attached hydrogen (secondary N) is 1. The largest absolute Gasteiger partial charge is 0.352 e. The van der Waals surface area contributed by atoms with Crippen molar-refractivity contribution in [3.8, 4) is 0 Å². The second kappa shape index (κ2) is 11.2. The van der Waals surface area contributed by atoms with Crippen LogP contribution in [0, 0.1) is 0 Å². The van der Waals surface area contributed by atoms with Gasteiger partial charge in [-0.25, -0.2) is 0 Å². The molecule has 0 spiro atoms. The molecule has 1 saturated carbocycles. The normalized spacial score (nSPS) is 15.0. The van der Waals surface area contributed by atoms with Crippen LogP contribution >= 0.6 is 34.8 Å². The molecule has 0 heterocycles. The van der Waals surface area contributed by atoms with Crippen LogP contribution in [0.3, 0.4) is 0 Å². The minimum Gasteiger partial charge on any atom is -0.352 e. The molecule has 166 valence electrons. The van der Waals surface area contributed by atoms with Crippen LogP contribution in [0.1, 0.15) is 50.2 Å². The Bertz CT molecular complexity index is 909. The molecule has 2 aromatic rings. The molecule has 1 aliphatic rings. The van der Waals surface area contributed by atoms with Crippen molar-refractivity contribution in [2.75, 3.05) is 0 Å². The first-order valence-corrected chi connectivity index (χ1v) is 11.8. The number of hydrogen-bond donors (Lipinski definition) is 1. The first kappa shape index (κ1) is 23.9. The first-order chi connectivity index (χ1) is 14.9. The summed E-state index contributed by atoms with van der Waals surface area (Å²) in [5.41, 5.74) is 1.35. The Kier molecular flexibility index (Phi) is 8.65. The molecule has 31 heavy (non-hydrogen) atoms. The number of carbonyl (C=O) groups excluding carboxylic acids is 2. The maximum absolute atomic E-state index is 13.4. The lowest BCUT2D eigenvalue weighted by Crippen LogP contribution is -2.51. The zero-order valence-corrected chi connectivity index (χ0v) is 19.8. The third kappa shape index (κ3) is 6.15. The van der Waals surface area contributed by atoms with Crippen molar-refractivity contribution >= 4 is 46.6 Å². The van der Waals surface area contributed by atoms with Gasteiger partial charge in [0.2, 0.25) is 11.8 Å². The molecular formula is C24H27Cl3N2O2. The average molecular weight is 482 g/mol. The van der Waals surface area contributed by atoms with Crippen LogP contribution in [-0.4, -0.2) is 28.8 Å². The van der Waals surface area contributed by atoms with Gasteiger partial charge in [-0.05, 0) is 43.0 Å². The molecule has 0 aliphatic heterocycles. The van der Waals surface area contributed by atoms with Gasteiger partial charge in [-0.1, -0.05) is 78.8 Å². The monoisotopic (exact) mass is 480 g/mol. The number of rotatable bonds is 8. The maximum atomic E-state index is 13.4. The molecule has 1 fully saturated rings. The molecule has 1 aliphatic carbocycles. The smallest absolute Gasteiger partial charge is 0.243 e. The number of benzene rings is 2. The topological polar surface area (TPSA) is 49.4 Å². The standard InChI is InChI=1S/C24H27Cl3N2O2/c1-2-22(24(31)28-17-9-4-5-10-17)29(15-18-20(26)12-7-13-21(18)27)23(30)14-16-8-3-6-11-19(16)25/h3,6-8,11-13,17,22H,2,4-5,9-10,14-15H2,1H3,(H,28,31)/t22-/m0/s1. The summed E-state index contributed by atoms with van der Waals surface area (Å²) in [5, 5.41) is 4.59. The molecule has 3 rings (SSSR count). The minimum atomic E-state index is -0.622. The fourth-order valence-corrected chi connectivity index (χ4v) is 4.77. The van der Waals surface area contributed by atoms with Crippen molar-refractivity contribution in [2.45, 2.75) is 64.1 Å². The highest BCUT2D eigenvalue weighted by atomic mass is 35.5. The summed E-state index contributed by atoms with van der Waals surface area (Å²) in [5.74, 6) is -0.331. The van der Waals surface area contributed by atoms with E-state index >= 15 is 0 Å². The maximum Gasteiger partial charge on any atom is 0.243 e. The van der Waals surface area contributed by atoms with Crippen molar-refractivity contribution in [3.05, 3.63) is 68.7 Å². The third-order valence-electron chi connectivity index (χ3n) is 5.78. The Labute approximate surface area is 198 Å². The quantitative estimate of drug-likeness (QED) is 0.498. The fourth-order valence-electron chi connectivity index (χ4n) is 4.05. The number of halogens is 3. The van der Waals surface area contributed by atoms with Gasteiger partial charge in [-0.15, -0.1) is 0 Å². The summed E-state index contributed by atoms with van der Waals surface area (Å²) >= 11 is 19.0. The Balaban J connectivity index is 1.88. The molecule has 2 amide bonds. The molecule has 0 unspecified atom stereocenters. The van der Waals surface area contributed by atoms with Gasteiger partial charge in [0.15, 0.2) is 0 Å². The highest BCUT2D eigenvalue weighted by Gasteiger charge is 2.31. The van der Waals surface area contributed by atoms with Crippen molar-refractivity contribution < 1.29 is 9.59 Å². The molecule has 1 N–H and O–H groups in total. The van der Waals surface area contributed by atoms with E-state index in [2.05, 4.69) is 5.32 Å². The van der Waals surface area contributed by atoms with Crippen LogP contribution in [-0.2, 0) is 22.6 Å². The van der Waals surface area contributed by atoms with Gasteiger partial charge in [-0.3, -0.25) is 9.59 Å². The van der Waals surface area contributed by atoms with E-state index in [0.29, 0.717) is 27.1 Å². The zero-order valence-electron chi connectivity index (χ0n) is 17.5.